The molecule has 23 heavy (non-hydrogen) atoms. The Morgan fingerprint density at radius 3 is 2.70 bits per heavy atom. The number of nitrogens with zero attached hydrogens (tertiary/aromatic N) is 2. The van der Waals surface area contributed by atoms with Crippen LogP contribution in [0.25, 0.3) is 0 Å². The van der Waals surface area contributed by atoms with E-state index < -0.39 is 11.5 Å². The van der Waals surface area contributed by atoms with Crippen LogP contribution < -0.4 is 15.0 Å². The molecule has 1 aromatic rings. The van der Waals surface area contributed by atoms with Crippen molar-refractivity contribution in [1.82, 2.24) is 10.2 Å². The number of hydrogen-bond donors (Lipinski definition) is 1. The van der Waals surface area contributed by atoms with Gasteiger partial charge in [-0.05, 0) is 53.0 Å². The summed E-state index contributed by atoms with van der Waals surface area (Å²) in [5.74, 6) is -0.169. The molecule has 0 aliphatic carbocycles. The molecule has 6 nitrogen and oxygen atoms in total. The smallest absolute Gasteiger partial charge is 0.280 e. The zero-order valence-corrected chi connectivity index (χ0v) is 14.3. The summed E-state index contributed by atoms with van der Waals surface area (Å²) < 4.78 is 5.79. The summed E-state index contributed by atoms with van der Waals surface area (Å²) >= 11 is 0. The molecule has 0 aromatic heterocycles. The molecule has 6 heteroatoms. The number of para-hydroxylation sites is 2. The number of fused-ring (bicyclic) bond motifs is 1. The van der Waals surface area contributed by atoms with Gasteiger partial charge >= 0.3 is 0 Å². The standard InChI is InChI=1S/C17H25N3O3/c1-5-20-13-9-6-7-10-14(13)23-17(2,16(20)22)15(21)18-11-8-12-19(3)4/h6-7,9-10H,5,8,11-12H2,1-4H3,(H,18,21). The molecular formula is C17H25N3O3. The minimum Gasteiger partial charge on any atom is -0.466 e. The van der Waals surface area contributed by atoms with Crippen molar-refractivity contribution in [1.29, 1.82) is 0 Å². The molecule has 1 heterocycles. The Hall–Kier alpha value is -2.08. The van der Waals surface area contributed by atoms with E-state index in [0.717, 1.165) is 13.0 Å². The van der Waals surface area contributed by atoms with Gasteiger partial charge in [0.15, 0.2) is 0 Å². The van der Waals surface area contributed by atoms with Crippen molar-refractivity contribution >= 4 is 17.5 Å². The lowest BCUT2D eigenvalue weighted by atomic mass is 10.00. The third-order valence-corrected chi connectivity index (χ3v) is 3.94. The Morgan fingerprint density at radius 2 is 2.04 bits per heavy atom. The summed E-state index contributed by atoms with van der Waals surface area (Å²) in [7, 11) is 3.96. The molecule has 0 bridgehead atoms. The third kappa shape index (κ3) is 3.47. The molecule has 1 aliphatic heterocycles. The molecule has 126 valence electrons. The summed E-state index contributed by atoms with van der Waals surface area (Å²) in [5.41, 5.74) is -0.819. The van der Waals surface area contributed by atoms with Gasteiger partial charge in [-0.15, -0.1) is 0 Å². The number of carbonyl (C=O) groups is 2. The molecule has 2 rings (SSSR count). The van der Waals surface area contributed by atoms with Crippen LogP contribution in [-0.4, -0.2) is 56.0 Å². The lowest BCUT2D eigenvalue weighted by Crippen LogP contribution is -2.62. The fourth-order valence-corrected chi connectivity index (χ4v) is 2.62. The van der Waals surface area contributed by atoms with Crippen LogP contribution >= 0.6 is 0 Å². The van der Waals surface area contributed by atoms with Crippen LogP contribution in [0.2, 0.25) is 0 Å². The Bertz CT molecular complexity index is 588. The molecule has 0 saturated heterocycles. The van der Waals surface area contributed by atoms with Crippen molar-refractivity contribution < 1.29 is 14.3 Å². The van der Waals surface area contributed by atoms with E-state index in [4.69, 9.17) is 4.74 Å². The van der Waals surface area contributed by atoms with E-state index in [9.17, 15) is 9.59 Å². The van der Waals surface area contributed by atoms with Gasteiger partial charge in [0.25, 0.3) is 17.4 Å². The SMILES string of the molecule is CCN1C(=O)C(C)(C(=O)NCCCN(C)C)Oc2ccccc21. The van der Waals surface area contributed by atoms with Crippen LogP contribution in [0.3, 0.4) is 0 Å². The van der Waals surface area contributed by atoms with Crippen molar-refractivity contribution in [2.24, 2.45) is 0 Å². The van der Waals surface area contributed by atoms with Crippen molar-refractivity contribution in [3.05, 3.63) is 24.3 Å². The summed E-state index contributed by atoms with van der Waals surface area (Å²) in [6, 6.07) is 7.29. The number of amides is 2. The first-order chi connectivity index (χ1) is 10.9. The van der Waals surface area contributed by atoms with E-state index >= 15 is 0 Å². The van der Waals surface area contributed by atoms with Crippen LogP contribution in [0, 0.1) is 0 Å². The van der Waals surface area contributed by atoms with E-state index in [1.807, 2.05) is 44.1 Å². The first-order valence-corrected chi connectivity index (χ1v) is 7.93. The van der Waals surface area contributed by atoms with Crippen LogP contribution in [0.1, 0.15) is 20.3 Å². The molecule has 1 aliphatic rings. The second-order valence-corrected chi connectivity index (χ2v) is 6.07. The quantitative estimate of drug-likeness (QED) is 0.633. The van der Waals surface area contributed by atoms with Gasteiger partial charge in [0, 0.05) is 13.1 Å². The fraction of sp³-hybridized carbons (Fsp3) is 0.529. The maximum atomic E-state index is 12.8. The maximum Gasteiger partial charge on any atom is 0.280 e. The minimum absolute atomic E-state index is 0.330. The molecule has 0 radical (unpaired) electrons. The number of likely N-dealkylation sites (N-methyl/N-ethyl adjacent to an activating group) is 1. The van der Waals surface area contributed by atoms with E-state index in [2.05, 4.69) is 5.32 Å². The van der Waals surface area contributed by atoms with Crippen LogP contribution in [0.5, 0.6) is 5.75 Å². The third-order valence-electron chi connectivity index (χ3n) is 3.94. The first kappa shape index (κ1) is 17.3. The number of hydrogen-bond acceptors (Lipinski definition) is 4. The Kier molecular flexibility index (Phi) is 5.26. The van der Waals surface area contributed by atoms with Gasteiger partial charge in [0.2, 0.25) is 0 Å². The monoisotopic (exact) mass is 319 g/mol. The fourth-order valence-electron chi connectivity index (χ4n) is 2.62. The molecule has 1 N–H and O–H groups in total. The maximum absolute atomic E-state index is 12.8. The second-order valence-electron chi connectivity index (χ2n) is 6.07. The van der Waals surface area contributed by atoms with Crippen molar-refractivity contribution in [2.45, 2.75) is 25.9 Å². The molecule has 0 spiro atoms. The number of carbonyl (C=O) groups excluding carboxylic acids is 2. The predicted molar refractivity (Wildman–Crippen MR) is 89.7 cm³/mol. The molecule has 1 aromatic carbocycles. The van der Waals surface area contributed by atoms with Gasteiger partial charge in [-0.3, -0.25) is 9.59 Å². The highest BCUT2D eigenvalue weighted by atomic mass is 16.5. The highest BCUT2D eigenvalue weighted by molar-refractivity contribution is 6.16. The molecular weight excluding hydrogens is 294 g/mol. The van der Waals surface area contributed by atoms with Crippen LogP contribution in [0.15, 0.2) is 24.3 Å². The van der Waals surface area contributed by atoms with Crippen molar-refractivity contribution in [3.8, 4) is 5.75 Å². The summed E-state index contributed by atoms with van der Waals surface area (Å²) in [4.78, 5) is 28.9. The molecule has 2 amide bonds. The average Bonchev–Trinajstić information content (AvgIpc) is 2.52. The van der Waals surface area contributed by atoms with Gasteiger partial charge < -0.3 is 19.9 Å². The lowest BCUT2D eigenvalue weighted by molar-refractivity contribution is -0.148. The molecule has 0 saturated carbocycles. The molecule has 0 fully saturated rings. The molecule has 1 atom stereocenters. The number of ether oxygens (including phenoxy) is 1. The number of anilines is 1. The van der Waals surface area contributed by atoms with E-state index in [-0.39, 0.29) is 5.91 Å². The Balaban J connectivity index is 2.14. The Labute approximate surface area is 137 Å². The summed E-state index contributed by atoms with van der Waals surface area (Å²) in [6.45, 7) is 5.29. The van der Waals surface area contributed by atoms with E-state index in [1.165, 1.54) is 6.92 Å². The minimum atomic E-state index is -1.53. The number of nitrogens with one attached hydrogen (secondary N) is 1. The van der Waals surface area contributed by atoms with Gasteiger partial charge in [0.05, 0.1) is 5.69 Å². The zero-order valence-electron chi connectivity index (χ0n) is 14.3. The zero-order chi connectivity index (χ0) is 17.0. The Morgan fingerprint density at radius 1 is 1.35 bits per heavy atom. The first-order valence-electron chi connectivity index (χ1n) is 7.93. The average molecular weight is 319 g/mol. The van der Waals surface area contributed by atoms with Crippen LogP contribution in [-0.2, 0) is 9.59 Å². The second kappa shape index (κ2) is 7.00. The number of rotatable bonds is 6. The summed E-state index contributed by atoms with van der Waals surface area (Å²) in [5, 5.41) is 2.82. The van der Waals surface area contributed by atoms with Gasteiger partial charge in [-0.2, -0.15) is 0 Å². The highest BCUT2D eigenvalue weighted by Crippen LogP contribution is 2.37. The number of benzene rings is 1. The van der Waals surface area contributed by atoms with Gasteiger partial charge in [0.1, 0.15) is 5.75 Å². The normalized spacial score (nSPS) is 20.2. The predicted octanol–water partition coefficient (Wildman–Crippen LogP) is 1.26. The van der Waals surface area contributed by atoms with Crippen molar-refractivity contribution in [3.63, 3.8) is 0 Å². The molecule has 1 unspecified atom stereocenters. The van der Waals surface area contributed by atoms with Gasteiger partial charge in [-0.1, -0.05) is 12.1 Å². The summed E-state index contributed by atoms with van der Waals surface area (Å²) in [6.07, 6.45) is 0.817. The topological polar surface area (TPSA) is 61.9 Å². The van der Waals surface area contributed by atoms with E-state index in [1.54, 1.807) is 11.0 Å². The van der Waals surface area contributed by atoms with E-state index in [0.29, 0.717) is 24.5 Å². The van der Waals surface area contributed by atoms with Crippen molar-refractivity contribution in [2.75, 3.05) is 38.6 Å². The lowest BCUT2D eigenvalue weighted by Gasteiger charge is -2.39. The van der Waals surface area contributed by atoms with Crippen LogP contribution in [0.4, 0.5) is 5.69 Å². The van der Waals surface area contributed by atoms with Gasteiger partial charge in [-0.25, -0.2) is 0 Å². The highest BCUT2D eigenvalue weighted by Gasteiger charge is 2.50. The largest absolute Gasteiger partial charge is 0.466 e.